The molecule has 1 fully saturated rings. The minimum absolute atomic E-state index is 0.0262. The van der Waals surface area contributed by atoms with Gasteiger partial charge in [-0.2, -0.15) is 0 Å². The highest BCUT2D eigenvalue weighted by molar-refractivity contribution is 6.01. The normalized spacial score (nSPS) is 19.9. The number of benzene rings is 2. The SMILES string of the molecule is CC(N)C1CCCN(C(=O)Nc2cccc3ccccc23)C1. The molecule has 4 nitrogen and oxygen atoms in total. The molecular formula is C18H23N3O. The van der Waals surface area contributed by atoms with Crippen molar-refractivity contribution in [2.75, 3.05) is 18.4 Å². The number of hydrogen-bond donors (Lipinski definition) is 2. The van der Waals surface area contributed by atoms with Gasteiger partial charge in [0.05, 0.1) is 5.69 Å². The maximum absolute atomic E-state index is 12.6. The number of amides is 2. The van der Waals surface area contributed by atoms with Crippen LogP contribution in [0.4, 0.5) is 10.5 Å². The molecule has 0 spiro atoms. The molecule has 3 rings (SSSR count). The number of nitrogens with zero attached hydrogens (tertiary/aromatic N) is 1. The third-order valence-electron chi connectivity index (χ3n) is 4.52. The Kier molecular flexibility index (Phi) is 4.29. The van der Waals surface area contributed by atoms with E-state index in [1.165, 1.54) is 0 Å². The molecule has 1 heterocycles. The summed E-state index contributed by atoms with van der Waals surface area (Å²) in [5.74, 6) is 0.395. The fourth-order valence-electron chi connectivity index (χ4n) is 3.15. The lowest BCUT2D eigenvalue weighted by Gasteiger charge is -2.34. The lowest BCUT2D eigenvalue weighted by molar-refractivity contribution is 0.169. The zero-order valence-corrected chi connectivity index (χ0v) is 13.0. The molecule has 4 heteroatoms. The van der Waals surface area contributed by atoms with E-state index in [0.717, 1.165) is 42.4 Å². The molecule has 3 N–H and O–H groups in total. The van der Waals surface area contributed by atoms with Crippen LogP contribution in [-0.4, -0.2) is 30.1 Å². The number of carbonyl (C=O) groups excluding carboxylic acids is 1. The molecule has 0 saturated carbocycles. The zero-order valence-electron chi connectivity index (χ0n) is 13.0. The van der Waals surface area contributed by atoms with Crippen molar-refractivity contribution in [3.8, 4) is 0 Å². The average molecular weight is 297 g/mol. The second-order valence-corrected chi connectivity index (χ2v) is 6.16. The Hall–Kier alpha value is -2.07. The first-order chi connectivity index (χ1) is 10.6. The highest BCUT2D eigenvalue weighted by Crippen LogP contribution is 2.24. The molecule has 0 radical (unpaired) electrons. The predicted octanol–water partition coefficient (Wildman–Crippen LogP) is 3.43. The quantitative estimate of drug-likeness (QED) is 0.892. The van der Waals surface area contributed by atoms with Crippen LogP contribution in [0.15, 0.2) is 42.5 Å². The van der Waals surface area contributed by atoms with Gasteiger partial charge in [-0.1, -0.05) is 36.4 Å². The number of anilines is 1. The lowest BCUT2D eigenvalue weighted by atomic mass is 9.92. The van der Waals surface area contributed by atoms with Crippen molar-refractivity contribution in [3.05, 3.63) is 42.5 Å². The number of fused-ring (bicyclic) bond motifs is 1. The van der Waals surface area contributed by atoms with E-state index in [9.17, 15) is 4.79 Å². The van der Waals surface area contributed by atoms with Crippen LogP contribution in [0.5, 0.6) is 0 Å². The minimum atomic E-state index is -0.0262. The van der Waals surface area contributed by atoms with E-state index in [0.29, 0.717) is 5.92 Å². The molecule has 1 aliphatic heterocycles. The molecule has 1 saturated heterocycles. The molecule has 116 valence electrons. The number of nitrogens with one attached hydrogen (secondary N) is 1. The van der Waals surface area contributed by atoms with Crippen molar-refractivity contribution in [2.45, 2.75) is 25.8 Å². The number of carbonyl (C=O) groups is 1. The van der Waals surface area contributed by atoms with Gasteiger partial charge in [0, 0.05) is 24.5 Å². The largest absolute Gasteiger partial charge is 0.328 e. The number of urea groups is 1. The maximum atomic E-state index is 12.6. The maximum Gasteiger partial charge on any atom is 0.321 e. The van der Waals surface area contributed by atoms with Gasteiger partial charge in [0.15, 0.2) is 0 Å². The van der Waals surface area contributed by atoms with E-state index < -0.39 is 0 Å². The van der Waals surface area contributed by atoms with Gasteiger partial charge in [-0.3, -0.25) is 0 Å². The van der Waals surface area contributed by atoms with Crippen LogP contribution in [-0.2, 0) is 0 Å². The van der Waals surface area contributed by atoms with Crippen LogP contribution in [0, 0.1) is 5.92 Å². The minimum Gasteiger partial charge on any atom is -0.328 e. The van der Waals surface area contributed by atoms with Crippen LogP contribution < -0.4 is 11.1 Å². The summed E-state index contributed by atoms with van der Waals surface area (Å²) in [6, 6.07) is 14.2. The standard InChI is InChI=1S/C18H23N3O/c1-13(19)15-8-5-11-21(12-15)18(22)20-17-10-4-7-14-6-2-3-9-16(14)17/h2-4,6-7,9-10,13,15H,5,8,11-12,19H2,1H3,(H,20,22). The van der Waals surface area contributed by atoms with Crippen LogP contribution >= 0.6 is 0 Å². The molecular weight excluding hydrogens is 274 g/mol. The molecule has 0 aliphatic carbocycles. The number of likely N-dealkylation sites (tertiary alicyclic amines) is 1. The second-order valence-electron chi connectivity index (χ2n) is 6.16. The van der Waals surface area contributed by atoms with E-state index in [-0.39, 0.29) is 12.1 Å². The molecule has 2 unspecified atom stereocenters. The third kappa shape index (κ3) is 3.07. The van der Waals surface area contributed by atoms with E-state index in [2.05, 4.69) is 17.4 Å². The first-order valence-electron chi connectivity index (χ1n) is 7.94. The van der Waals surface area contributed by atoms with Crippen molar-refractivity contribution in [3.63, 3.8) is 0 Å². The summed E-state index contributed by atoms with van der Waals surface area (Å²) in [5.41, 5.74) is 6.86. The topological polar surface area (TPSA) is 58.4 Å². The van der Waals surface area contributed by atoms with Gasteiger partial charge in [0.25, 0.3) is 0 Å². The monoisotopic (exact) mass is 297 g/mol. The van der Waals surface area contributed by atoms with Crippen molar-refractivity contribution >= 4 is 22.5 Å². The number of rotatable bonds is 2. The highest BCUT2D eigenvalue weighted by Gasteiger charge is 2.25. The summed E-state index contributed by atoms with van der Waals surface area (Å²) in [7, 11) is 0. The van der Waals surface area contributed by atoms with E-state index in [1.54, 1.807) is 0 Å². The van der Waals surface area contributed by atoms with Crippen molar-refractivity contribution in [1.29, 1.82) is 0 Å². The zero-order chi connectivity index (χ0) is 15.5. The van der Waals surface area contributed by atoms with E-state index in [1.807, 2.05) is 42.2 Å². The van der Waals surface area contributed by atoms with Crippen LogP contribution in [0.3, 0.4) is 0 Å². The first-order valence-corrected chi connectivity index (χ1v) is 7.94. The van der Waals surface area contributed by atoms with Crippen LogP contribution in [0.25, 0.3) is 10.8 Å². The van der Waals surface area contributed by atoms with Crippen LogP contribution in [0.1, 0.15) is 19.8 Å². The molecule has 22 heavy (non-hydrogen) atoms. The molecule has 2 aromatic rings. The number of hydrogen-bond acceptors (Lipinski definition) is 2. The third-order valence-corrected chi connectivity index (χ3v) is 4.52. The van der Waals surface area contributed by atoms with Gasteiger partial charge in [0.2, 0.25) is 0 Å². The van der Waals surface area contributed by atoms with E-state index in [4.69, 9.17) is 5.73 Å². The fraction of sp³-hybridized carbons (Fsp3) is 0.389. The Morgan fingerprint density at radius 1 is 1.27 bits per heavy atom. The average Bonchev–Trinajstić information content (AvgIpc) is 2.55. The Labute approximate surface area is 131 Å². The Morgan fingerprint density at radius 3 is 2.86 bits per heavy atom. The Bertz CT molecular complexity index is 663. The predicted molar refractivity (Wildman–Crippen MR) is 90.9 cm³/mol. The molecule has 0 bridgehead atoms. The Balaban J connectivity index is 1.76. The highest BCUT2D eigenvalue weighted by atomic mass is 16.2. The Morgan fingerprint density at radius 2 is 2.05 bits per heavy atom. The van der Waals surface area contributed by atoms with Crippen LogP contribution in [0.2, 0.25) is 0 Å². The summed E-state index contributed by atoms with van der Waals surface area (Å²) >= 11 is 0. The molecule has 0 aromatic heterocycles. The van der Waals surface area contributed by atoms with Crippen molar-refractivity contribution in [1.82, 2.24) is 4.90 Å². The molecule has 1 aliphatic rings. The van der Waals surface area contributed by atoms with Gasteiger partial charge < -0.3 is 16.0 Å². The molecule has 2 amide bonds. The number of piperidine rings is 1. The van der Waals surface area contributed by atoms with E-state index >= 15 is 0 Å². The smallest absolute Gasteiger partial charge is 0.321 e. The van der Waals surface area contributed by atoms with Gasteiger partial charge in [0.1, 0.15) is 0 Å². The summed E-state index contributed by atoms with van der Waals surface area (Å²) in [4.78, 5) is 14.4. The second kappa shape index (κ2) is 6.36. The molecule has 2 aromatic carbocycles. The first kappa shape index (κ1) is 14.9. The van der Waals surface area contributed by atoms with Gasteiger partial charge in [-0.15, -0.1) is 0 Å². The van der Waals surface area contributed by atoms with Gasteiger partial charge in [-0.25, -0.2) is 4.79 Å². The van der Waals surface area contributed by atoms with Gasteiger partial charge >= 0.3 is 6.03 Å². The summed E-state index contributed by atoms with van der Waals surface area (Å²) < 4.78 is 0. The lowest BCUT2D eigenvalue weighted by Crippen LogP contribution is -2.46. The fourth-order valence-corrected chi connectivity index (χ4v) is 3.15. The summed E-state index contributed by atoms with van der Waals surface area (Å²) in [6.45, 7) is 3.57. The number of nitrogens with two attached hydrogens (primary N) is 1. The van der Waals surface area contributed by atoms with Crippen molar-refractivity contribution in [2.24, 2.45) is 11.7 Å². The summed E-state index contributed by atoms with van der Waals surface area (Å²) in [5, 5.41) is 5.26. The summed E-state index contributed by atoms with van der Waals surface area (Å²) in [6.07, 6.45) is 2.13. The van der Waals surface area contributed by atoms with Gasteiger partial charge in [-0.05, 0) is 37.1 Å². The van der Waals surface area contributed by atoms with Crippen molar-refractivity contribution < 1.29 is 4.79 Å². The molecule has 2 atom stereocenters.